The molecule has 2 aliphatic heterocycles. The Morgan fingerprint density at radius 3 is 2.86 bits per heavy atom. The fraction of sp³-hybridized carbons (Fsp3) is 0.500. The van der Waals surface area contributed by atoms with Crippen LogP contribution in [0.3, 0.4) is 0 Å². The molecule has 0 aliphatic carbocycles. The number of hydrogen-bond acceptors (Lipinski definition) is 3. The molecule has 112 valence electrons. The number of nitrogens with one attached hydrogen (secondary N) is 2. The highest BCUT2D eigenvalue weighted by molar-refractivity contribution is 5.98. The predicted molar refractivity (Wildman–Crippen MR) is 81.4 cm³/mol. The Balaban J connectivity index is 1.87. The van der Waals surface area contributed by atoms with Crippen molar-refractivity contribution in [3.63, 3.8) is 0 Å². The van der Waals surface area contributed by atoms with E-state index in [0.29, 0.717) is 18.4 Å². The van der Waals surface area contributed by atoms with Crippen LogP contribution in [0.5, 0.6) is 0 Å². The first kappa shape index (κ1) is 14.1. The maximum atomic E-state index is 12.8. The van der Waals surface area contributed by atoms with Gasteiger partial charge in [0.15, 0.2) is 0 Å². The third kappa shape index (κ3) is 2.65. The van der Waals surface area contributed by atoms with Gasteiger partial charge >= 0.3 is 0 Å². The fourth-order valence-electron chi connectivity index (χ4n) is 3.03. The molecule has 0 spiro atoms. The second-order valence-corrected chi connectivity index (χ2v) is 6.37. The Hall–Kier alpha value is -1.88. The lowest BCUT2D eigenvalue weighted by Crippen LogP contribution is -2.59. The maximum Gasteiger partial charge on any atom is 0.254 e. The number of carbonyl (C=O) groups is 2. The molecule has 5 nitrogen and oxygen atoms in total. The van der Waals surface area contributed by atoms with Crippen molar-refractivity contribution in [2.45, 2.75) is 32.2 Å². The zero-order valence-corrected chi connectivity index (χ0v) is 12.5. The van der Waals surface area contributed by atoms with E-state index in [4.69, 9.17) is 0 Å². The average Bonchev–Trinajstić information content (AvgIpc) is 2.45. The molecule has 2 aliphatic rings. The molecule has 2 N–H and O–H groups in total. The molecule has 5 heteroatoms. The van der Waals surface area contributed by atoms with Gasteiger partial charge in [0.2, 0.25) is 5.91 Å². The van der Waals surface area contributed by atoms with Crippen molar-refractivity contribution < 1.29 is 9.59 Å². The number of carbonyl (C=O) groups excluding carboxylic acids is 2. The molecule has 2 heterocycles. The van der Waals surface area contributed by atoms with Crippen molar-refractivity contribution in [3.05, 3.63) is 29.3 Å². The van der Waals surface area contributed by atoms with Gasteiger partial charge in [-0.1, -0.05) is 0 Å². The van der Waals surface area contributed by atoms with E-state index in [1.165, 1.54) is 0 Å². The lowest BCUT2D eigenvalue weighted by atomic mass is 9.96. The standard InChI is InChI=1S/C16H21N3O2/c1-16(2)10-17-7-8-19(16)15(21)12-3-5-13-11(9-12)4-6-14(20)18-13/h3,5,9,17H,4,6-8,10H2,1-2H3,(H,18,20). The third-order valence-corrected chi connectivity index (χ3v) is 4.29. The van der Waals surface area contributed by atoms with Gasteiger partial charge < -0.3 is 15.5 Å². The molecule has 0 bridgehead atoms. The van der Waals surface area contributed by atoms with Gasteiger partial charge in [0, 0.05) is 37.3 Å². The zero-order valence-electron chi connectivity index (χ0n) is 12.5. The minimum absolute atomic E-state index is 0.0461. The van der Waals surface area contributed by atoms with Gasteiger partial charge in [0.1, 0.15) is 0 Å². The third-order valence-electron chi connectivity index (χ3n) is 4.29. The first-order valence-electron chi connectivity index (χ1n) is 7.43. The number of aryl methyl sites for hydroxylation is 1. The molecule has 1 aromatic carbocycles. The normalized spacial score (nSPS) is 20.7. The Morgan fingerprint density at radius 1 is 1.29 bits per heavy atom. The van der Waals surface area contributed by atoms with Crippen molar-refractivity contribution in [1.82, 2.24) is 10.2 Å². The second-order valence-electron chi connectivity index (χ2n) is 6.37. The number of hydrogen-bond donors (Lipinski definition) is 2. The molecule has 1 saturated heterocycles. The minimum atomic E-state index is -0.181. The highest BCUT2D eigenvalue weighted by atomic mass is 16.2. The summed E-state index contributed by atoms with van der Waals surface area (Å²) in [5.74, 6) is 0.117. The molecule has 1 fully saturated rings. The van der Waals surface area contributed by atoms with Crippen LogP contribution in [0.15, 0.2) is 18.2 Å². The maximum absolute atomic E-state index is 12.8. The molecular weight excluding hydrogens is 266 g/mol. The summed E-state index contributed by atoms with van der Waals surface area (Å²) in [5.41, 5.74) is 2.41. The van der Waals surface area contributed by atoms with Gasteiger partial charge in [-0.2, -0.15) is 0 Å². The van der Waals surface area contributed by atoms with Gasteiger partial charge in [-0.05, 0) is 44.0 Å². The van der Waals surface area contributed by atoms with Crippen LogP contribution in [0.4, 0.5) is 5.69 Å². The highest BCUT2D eigenvalue weighted by Crippen LogP contribution is 2.26. The molecule has 0 saturated carbocycles. The van der Waals surface area contributed by atoms with Crippen LogP contribution in [-0.2, 0) is 11.2 Å². The Labute approximate surface area is 124 Å². The molecular formula is C16H21N3O2. The molecule has 0 radical (unpaired) electrons. The van der Waals surface area contributed by atoms with Crippen LogP contribution in [0.25, 0.3) is 0 Å². The highest BCUT2D eigenvalue weighted by Gasteiger charge is 2.33. The molecule has 21 heavy (non-hydrogen) atoms. The number of benzene rings is 1. The van der Waals surface area contributed by atoms with Crippen molar-refractivity contribution in [1.29, 1.82) is 0 Å². The molecule has 3 rings (SSSR count). The van der Waals surface area contributed by atoms with Crippen molar-refractivity contribution in [2.75, 3.05) is 25.0 Å². The topological polar surface area (TPSA) is 61.4 Å². The van der Waals surface area contributed by atoms with Crippen LogP contribution in [-0.4, -0.2) is 41.9 Å². The van der Waals surface area contributed by atoms with Gasteiger partial charge in [-0.15, -0.1) is 0 Å². The summed E-state index contributed by atoms with van der Waals surface area (Å²) in [6.07, 6.45) is 1.19. The van der Waals surface area contributed by atoms with Crippen molar-refractivity contribution in [2.24, 2.45) is 0 Å². The minimum Gasteiger partial charge on any atom is -0.331 e. The smallest absolute Gasteiger partial charge is 0.254 e. The molecule has 0 atom stereocenters. The Kier molecular flexibility index (Phi) is 3.45. The number of nitrogens with zero attached hydrogens (tertiary/aromatic N) is 1. The van der Waals surface area contributed by atoms with Gasteiger partial charge in [-0.3, -0.25) is 9.59 Å². The molecule has 1 aromatic rings. The quantitative estimate of drug-likeness (QED) is 0.820. The predicted octanol–water partition coefficient (Wildman–Crippen LogP) is 1.40. The summed E-state index contributed by atoms with van der Waals surface area (Å²) < 4.78 is 0. The fourth-order valence-corrected chi connectivity index (χ4v) is 3.03. The molecule has 0 unspecified atom stereocenters. The largest absolute Gasteiger partial charge is 0.331 e. The second kappa shape index (κ2) is 5.15. The van der Waals surface area contributed by atoms with E-state index in [1.807, 2.05) is 23.1 Å². The van der Waals surface area contributed by atoms with Gasteiger partial charge in [0.05, 0.1) is 5.54 Å². The van der Waals surface area contributed by atoms with Crippen molar-refractivity contribution >= 4 is 17.5 Å². The van der Waals surface area contributed by atoms with E-state index in [9.17, 15) is 9.59 Å². The molecule has 0 aromatic heterocycles. The van der Waals surface area contributed by atoms with Crippen LogP contribution in [0, 0.1) is 0 Å². The summed E-state index contributed by atoms with van der Waals surface area (Å²) in [7, 11) is 0. The van der Waals surface area contributed by atoms with Crippen LogP contribution >= 0.6 is 0 Å². The SMILES string of the molecule is CC1(C)CNCCN1C(=O)c1ccc2c(c1)CCC(=O)N2. The van der Waals surface area contributed by atoms with Crippen molar-refractivity contribution in [3.8, 4) is 0 Å². The number of fused-ring (bicyclic) bond motifs is 1. The lowest BCUT2D eigenvalue weighted by molar-refractivity contribution is -0.116. The molecule has 2 amide bonds. The monoisotopic (exact) mass is 287 g/mol. The van der Waals surface area contributed by atoms with Gasteiger partial charge in [-0.25, -0.2) is 0 Å². The summed E-state index contributed by atoms with van der Waals surface area (Å²) in [5, 5.41) is 6.17. The average molecular weight is 287 g/mol. The number of anilines is 1. The van der Waals surface area contributed by atoms with E-state index < -0.39 is 0 Å². The van der Waals surface area contributed by atoms with Crippen LogP contribution in [0.1, 0.15) is 36.2 Å². The summed E-state index contributed by atoms with van der Waals surface area (Å²) in [4.78, 5) is 26.1. The van der Waals surface area contributed by atoms with E-state index in [-0.39, 0.29) is 17.4 Å². The summed E-state index contributed by atoms with van der Waals surface area (Å²) in [6.45, 7) is 6.51. The number of piperazine rings is 1. The van der Waals surface area contributed by atoms with E-state index >= 15 is 0 Å². The zero-order chi connectivity index (χ0) is 15.0. The van der Waals surface area contributed by atoms with E-state index in [0.717, 1.165) is 30.9 Å². The Morgan fingerprint density at radius 2 is 2.10 bits per heavy atom. The summed E-state index contributed by atoms with van der Waals surface area (Å²) >= 11 is 0. The number of rotatable bonds is 1. The first-order chi connectivity index (χ1) is 9.97. The summed E-state index contributed by atoms with van der Waals surface area (Å²) in [6, 6.07) is 5.58. The first-order valence-corrected chi connectivity index (χ1v) is 7.43. The Bertz CT molecular complexity index is 595. The van der Waals surface area contributed by atoms with Crippen LogP contribution < -0.4 is 10.6 Å². The lowest BCUT2D eigenvalue weighted by Gasteiger charge is -2.43. The van der Waals surface area contributed by atoms with Crippen LogP contribution in [0.2, 0.25) is 0 Å². The van der Waals surface area contributed by atoms with Gasteiger partial charge in [0.25, 0.3) is 5.91 Å². The van der Waals surface area contributed by atoms with E-state index in [2.05, 4.69) is 24.5 Å². The number of amides is 2. The van der Waals surface area contributed by atoms with E-state index in [1.54, 1.807) is 0 Å².